The molecule has 1 rings (SSSR count). The highest BCUT2D eigenvalue weighted by molar-refractivity contribution is 9.09. The molecule has 0 bridgehead atoms. The molecule has 0 fully saturated rings. The average Bonchev–Trinajstić information content (AvgIpc) is 2.23. The Labute approximate surface area is 96.8 Å². The van der Waals surface area contributed by atoms with E-state index in [-0.39, 0.29) is 5.56 Å². The summed E-state index contributed by atoms with van der Waals surface area (Å²) in [6.45, 7) is 1.81. The van der Waals surface area contributed by atoms with Gasteiger partial charge in [0.05, 0.1) is 5.56 Å². The van der Waals surface area contributed by atoms with Gasteiger partial charge < -0.3 is 0 Å². The molecule has 0 spiro atoms. The van der Waals surface area contributed by atoms with Gasteiger partial charge in [-0.15, -0.1) is 0 Å². The number of halogens is 2. The van der Waals surface area contributed by atoms with Gasteiger partial charge in [-0.1, -0.05) is 33.8 Å². The first-order valence-electron chi connectivity index (χ1n) is 4.49. The van der Waals surface area contributed by atoms with Gasteiger partial charge in [-0.05, 0) is 18.6 Å². The van der Waals surface area contributed by atoms with Gasteiger partial charge in [0.2, 0.25) is 0 Å². The van der Waals surface area contributed by atoms with Crippen LogP contribution in [0.5, 0.6) is 0 Å². The lowest BCUT2D eigenvalue weighted by molar-refractivity contribution is 0.111. The second kappa shape index (κ2) is 5.67. The molecule has 78 valence electrons. The van der Waals surface area contributed by atoms with E-state index in [9.17, 15) is 9.18 Å². The number of hydrogen-bond acceptors (Lipinski definition) is 1. The predicted molar refractivity (Wildman–Crippen MR) is 61.8 cm³/mol. The van der Waals surface area contributed by atoms with E-state index in [0.717, 1.165) is 10.9 Å². The van der Waals surface area contributed by atoms with Crippen molar-refractivity contribution in [2.75, 3.05) is 5.33 Å². The number of rotatable bonds is 2. The fourth-order valence-electron chi connectivity index (χ4n) is 1.18. The van der Waals surface area contributed by atoms with Gasteiger partial charge in [0.25, 0.3) is 0 Å². The molecular formula is C12H10BrFO. The van der Waals surface area contributed by atoms with Crippen molar-refractivity contribution in [3.05, 3.63) is 34.6 Å². The first kappa shape index (κ1) is 11.9. The van der Waals surface area contributed by atoms with Crippen molar-refractivity contribution in [3.63, 3.8) is 0 Å². The van der Waals surface area contributed by atoms with E-state index in [0.29, 0.717) is 18.3 Å². The zero-order chi connectivity index (χ0) is 11.3. The molecule has 1 aromatic rings. The van der Waals surface area contributed by atoms with Crippen LogP contribution in [0.3, 0.4) is 0 Å². The number of alkyl halides is 1. The molecule has 0 aromatic heterocycles. The Morgan fingerprint density at radius 2 is 2.27 bits per heavy atom. The van der Waals surface area contributed by atoms with E-state index in [1.807, 2.05) is 6.92 Å². The lowest BCUT2D eigenvalue weighted by Crippen LogP contribution is -1.96. The summed E-state index contributed by atoms with van der Waals surface area (Å²) in [7, 11) is 0. The number of aldehydes is 1. The zero-order valence-corrected chi connectivity index (χ0v) is 9.90. The molecule has 1 nitrogen and oxygen atoms in total. The Kier molecular flexibility index (Phi) is 4.51. The molecule has 1 aromatic carbocycles. The Bertz CT molecular complexity index is 429. The summed E-state index contributed by atoms with van der Waals surface area (Å²) >= 11 is 3.25. The second-order valence-electron chi connectivity index (χ2n) is 3.01. The molecule has 0 amide bonds. The van der Waals surface area contributed by atoms with Crippen molar-refractivity contribution < 1.29 is 9.18 Å². The molecule has 15 heavy (non-hydrogen) atoms. The van der Waals surface area contributed by atoms with Crippen molar-refractivity contribution in [1.29, 1.82) is 0 Å². The number of benzene rings is 1. The Balaban J connectivity index is 3.21. The third-order valence-electron chi connectivity index (χ3n) is 1.95. The van der Waals surface area contributed by atoms with Crippen LogP contribution in [0.2, 0.25) is 0 Å². The smallest absolute Gasteiger partial charge is 0.154 e. The van der Waals surface area contributed by atoms with E-state index in [1.165, 1.54) is 6.07 Å². The second-order valence-corrected chi connectivity index (χ2v) is 3.80. The lowest BCUT2D eigenvalue weighted by atomic mass is 10.0. The normalized spacial score (nSPS) is 9.27. The topological polar surface area (TPSA) is 17.1 Å². The van der Waals surface area contributed by atoms with Crippen LogP contribution in [0, 0.1) is 24.6 Å². The van der Waals surface area contributed by atoms with Crippen molar-refractivity contribution in [3.8, 4) is 11.8 Å². The first-order valence-corrected chi connectivity index (χ1v) is 5.62. The van der Waals surface area contributed by atoms with E-state index in [2.05, 4.69) is 27.8 Å². The van der Waals surface area contributed by atoms with Crippen LogP contribution in [-0.2, 0) is 0 Å². The lowest BCUT2D eigenvalue weighted by Gasteiger charge is -2.02. The molecule has 0 N–H and O–H groups in total. The van der Waals surface area contributed by atoms with Crippen LogP contribution in [0.1, 0.15) is 27.9 Å². The van der Waals surface area contributed by atoms with Crippen molar-refractivity contribution in [2.45, 2.75) is 13.3 Å². The van der Waals surface area contributed by atoms with E-state index in [1.54, 1.807) is 6.07 Å². The van der Waals surface area contributed by atoms with Crippen LogP contribution >= 0.6 is 15.9 Å². The molecule has 0 saturated heterocycles. The summed E-state index contributed by atoms with van der Waals surface area (Å²) in [5, 5.41) is 0.769. The molecule has 0 unspecified atom stereocenters. The van der Waals surface area contributed by atoms with Crippen molar-refractivity contribution >= 4 is 22.2 Å². The molecule has 3 heteroatoms. The van der Waals surface area contributed by atoms with Crippen molar-refractivity contribution in [2.24, 2.45) is 0 Å². The summed E-state index contributed by atoms with van der Waals surface area (Å²) in [5.74, 6) is 5.18. The number of aryl methyl sites for hydroxylation is 1. The van der Waals surface area contributed by atoms with E-state index >= 15 is 0 Å². The van der Waals surface area contributed by atoms with Crippen LogP contribution in [0.15, 0.2) is 12.1 Å². The Morgan fingerprint density at radius 3 is 2.87 bits per heavy atom. The average molecular weight is 269 g/mol. The standard InChI is InChI=1S/C12H10BrFO/c1-9-5-6-12(14)11(8-15)10(9)4-2-3-7-13/h5-6,8H,3,7H2,1H3. The summed E-state index contributed by atoms with van der Waals surface area (Å²) in [6.07, 6.45) is 1.19. The van der Waals surface area contributed by atoms with Gasteiger partial charge in [0.1, 0.15) is 5.82 Å². The number of carbonyl (C=O) groups is 1. The zero-order valence-electron chi connectivity index (χ0n) is 8.31. The minimum Gasteiger partial charge on any atom is -0.298 e. The SMILES string of the molecule is Cc1ccc(F)c(C=O)c1C#CCCBr. The van der Waals surface area contributed by atoms with Gasteiger partial charge in [-0.3, -0.25) is 4.79 Å². The maximum absolute atomic E-state index is 13.2. The molecule has 0 saturated carbocycles. The van der Waals surface area contributed by atoms with Crippen molar-refractivity contribution in [1.82, 2.24) is 0 Å². The van der Waals surface area contributed by atoms with Gasteiger partial charge in [0, 0.05) is 17.3 Å². The minimum atomic E-state index is -0.515. The monoisotopic (exact) mass is 268 g/mol. The quantitative estimate of drug-likeness (QED) is 0.458. The largest absolute Gasteiger partial charge is 0.298 e. The Morgan fingerprint density at radius 1 is 1.53 bits per heavy atom. The first-order chi connectivity index (χ1) is 7.20. The summed E-state index contributed by atoms with van der Waals surface area (Å²) in [5.41, 5.74) is 1.36. The summed E-state index contributed by atoms with van der Waals surface area (Å²) in [4.78, 5) is 10.7. The Hall–Kier alpha value is -1.14. The number of hydrogen-bond donors (Lipinski definition) is 0. The van der Waals surface area contributed by atoms with E-state index < -0.39 is 5.82 Å². The third-order valence-corrected chi connectivity index (χ3v) is 2.35. The van der Waals surface area contributed by atoms with Crippen LogP contribution in [0.4, 0.5) is 4.39 Å². The van der Waals surface area contributed by atoms with Crippen LogP contribution in [-0.4, -0.2) is 11.6 Å². The van der Waals surface area contributed by atoms with Gasteiger partial charge in [0.15, 0.2) is 6.29 Å². The molecular weight excluding hydrogens is 259 g/mol. The van der Waals surface area contributed by atoms with Gasteiger partial charge in [-0.25, -0.2) is 4.39 Å². The maximum atomic E-state index is 13.2. The van der Waals surface area contributed by atoms with Crippen LogP contribution in [0.25, 0.3) is 0 Å². The molecule has 0 atom stereocenters. The minimum absolute atomic E-state index is 0.0528. The highest BCUT2D eigenvalue weighted by Gasteiger charge is 2.08. The van der Waals surface area contributed by atoms with Crippen LogP contribution < -0.4 is 0 Å². The molecule has 0 heterocycles. The third kappa shape index (κ3) is 2.90. The highest BCUT2D eigenvalue weighted by Crippen LogP contribution is 2.15. The van der Waals surface area contributed by atoms with E-state index in [4.69, 9.17) is 0 Å². The number of carbonyl (C=O) groups excluding carboxylic acids is 1. The molecule has 0 aliphatic heterocycles. The molecule has 0 aliphatic rings. The summed E-state index contributed by atoms with van der Waals surface area (Å²) in [6, 6.07) is 2.91. The van der Waals surface area contributed by atoms with Gasteiger partial charge in [-0.2, -0.15) is 0 Å². The fourth-order valence-corrected chi connectivity index (χ4v) is 1.38. The molecule has 0 aliphatic carbocycles. The fraction of sp³-hybridized carbons (Fsp3) is 0.250. The maximum Gasteiger partial charge on any atom is 0.154 e. The van der Waals surface area contributed by atoms with Gasteiger partial charge >= 0.3 is 0 Å². The molecule has 0 radical (unpaired) electrons. The highest BCUT2D eigenvalue weighted by atomic mass is 79.9. The predicted octanol–water partition coefficient (Wildman–Crippen LogP) is 3.08. The summed E-state index contributed by atoms with van der Waals surface area (Å²) < 4.78 is 13.2.